The van der Waals surface area contributed by atoms with E-state index in [1.807, 2.05) is 0 Å². The molecule has 2 N–H and O–H groups in total. The molecule has 0 amide bonds. The second-order valence-corrected chi connectivity index (χ2v) is 6.30. The Hall–Kier alpha value is -3.68. The number of carboxylic acid groups (broad SMARTS) is 2. The number of hydrogen-bond donors (Lipinski definition) is 2. The summed E-state index contributed by atoms with van der Waals surface area (Å²) in [5.74, 6) is -1.84. The van der Waals surface area contributed by atoms with E-state index in [0.29, 0.717) is 34.1 Å². The number of hydrogen-bond acceptors (Lipinski definition) is 6. The standard InChI is InChI=1S/C21H20O8/c1-26-16-5-3-12(9-18(16)27-2)7-14(20(22)23)15(21(24)25)8-13-4-6-17-19(10-13)29-11-28-17/h3-7,9-10,15H,8,11H2,1-2H3,(H,22,23)(H,24,25)/b14-7+/t15-/m1/s1. The van der Waals surface area contributed by atoms with E-state index >= 15 is 0 Å². The summed E-state index contributed by atoms with van der Waals surface area (Å²) in [7, 11) is 2.95. The second kappa shape index (κ2) is 8.55. The summed E-state index contributed by atoms with van der Waals surface area (Å²) in [5, 5.41) is 19.4. The minimum atomic E-state index is -1.31. The zero-order valence-corrected chi connectivity index (χ0v) is 15.9. The van der Waals surface area contributed by atoms with Crippen molar-refractivity contribution in [3.05, 3.63) is 53.1 Å². The highest BCUT2D eigenvalue weighted by Crippen LogP contribution is 2.34. The third kappa shape index (κ3) is 4.43. The molecular weight excluding hydrogens is 380 g/mol. The summed E-state index contributed by atoms with van der Waals surface area (Å²) >= 11 is 0. The Morgan fingerprint density at radius 1 is 1.03 bits per heavy atom. The molecule has 1 aliphatic rings. The van der Waals surface area contributed by atoms with Gasteiger partial charge in [-0.2, -0.15) is 0 Å². The van der Waals surface area contributed by atoms with Crippen molar-refractivity contribution in [1.29, 1.82) is 0 Å². The van der Waals surface area contributed by atoms with Crippen LogP contribution in [0.15, 0.2) is 42.0 Å². The van der Waals surface area contributed by atoms with Gasteiger partial charge in [0.15, 0.2) is 23.0 Å². The number of carboxylic acids is 2. The zero-order valence-electron chi connectivity index (χ0n) is 15.9. The summed E-state index contributed by atoms with van der Waals surface area (Å²) in [6.45, 7) is 0.0979. The third-order valence-corrected chi connectivity index (χ3v) is 4.53. The lowest BCUT2D eigenvalue weighted by atomic mass is 9.90. The normalized spacial score (nSPS) is 13.7. The molecular formula is C21H20O8. The Balaban J connectivity index is 1.95. The van der Waals surface area contributed by atoms with Crippen LogP contribution in [-0.4, -0.2) is 43.2 Å². The van der Waals surface area contributed by atoms with Gasteiger partial charge in [-0.15, -0.1) is 0 Å². The summed E-state index contributed by atoms with van der Waals surface area (Å²) < 4.78 is 20.9. The van der Waals surface area contributed by atoms with Gasteiger partial charge in [0.1, 0.15) is 0 Å². The maximum atomic E-state index is 11.9. The highest BCUT2D eigenvalue weighted by atomic mass is 16.7. The lowest BCUT2D eigenvalue weighted by molar-refractivity contribution is -0.143. The van der Waals surface area contributed by atoms with Gasteiger partial charge in [0, 0.05) is 0 Å². The summed E-state index contributed by atoms with van der Waals surface area (Å²) in [6.07, 6.45) is 1.31. The molecule has 8 nitrogen and oxygen atoms in total. The van der Waals surface area contributed by atoms with Crippen LogP contribution in [0.3, 0.4) is 0 Å². The molecule has 3 rings (SSSR count). The Bertz CT molecular complexity index is 963. The van der Waals surface area contributed by atoms with E-state index in [2.05, 4.69) is 0 Å². The van der Waals surface area contributed by atoms with Crippen molar-refractivity contribution < 1.29 is 38.7 Å². The molecule has 1 heterocycles. The average Bonchev–Trinajstić information content (AvgIpc) is 3.17. The molecule has 0 aromatic heterocycles. The Morgan fingerprint density at radius 3 is 2.41 bits per heavy atom. The van der Waals surface area contributed by atoms with Crippen molar-refractivity contribution >= 4 is 18.0 Å². The largest absolute Gasteiger partial charge is 0.493 e. The first-order valence-corrected chi connectivity index (χ1v) is 8.71. The van der Waals surface area contributed by atoms with Crippen LogP contribution in [0.5, 0.6) is 23.0 Å². The minimum absolute atomic E-state index is 0.0165. The molecule has 0 radical (unpaired) electrons. The molecule has 8 heteroatoms. The summed E-state index contributed by atoms with van der Waals surface area (Å²) in [6, 6.07) is 9.87. The molecule has 29 heavy (non-hydrogen) atoms. The molecule has 152 valence electrons. The lowest BCUT2D eigenvalue weighted by Gasteiger charge is -2.15. The molecule has 0 fully saturated rings. The van der Waals surface area contributed by atoms with Crippen LogP contribution in [0.25, 0.3) is 6.08 Å². The zero-order chi connectivity index (χ0) is 21.0. The smallest absolute Gasteiger partial charge is 0.332 e. The van der Waals surface area contributed by atoms with Crippen LogP contribution in [0.2, 0.25) is 0 Å². The Labute approximate surface area is 166 Å². The Kier molecular flexibility index (Phi) is 5.92. The third-order valence-electron chi connectivity index (χ3n) is 4.53. The van der Waals surface area contributed by atoms with Crippen molar-refractivity contribution in [2.45, 2.75) is 6.42 Å². The number of carbonyl (C=O) groups is 2. The Morgan fingerprint density at radius 2 is 1.76 bits per heavy atom. The summed E-state index contributed by atoms with van der Waals surface area (Å²) in [5.41, 5.74) is 0.862. The van der Waals surface area contributed by atoms with Gasteiger partial charge in [-0.05, 0) is 47.9 Å². The van der Waals surface area contributed by atoms with E-state index in [9.17, 15) is 19.8 Å². The van der Waals surface area contributed by atoms with Crippen LogP contribution >= 0.6 is 0 Å². The molecule has 2 aromatic rings. The molecule has 0 bridgehead atoms. The van der Waals surface area contributed by atoms with E-state index in [1.165, 1.54) is 20.3 Å². The van der Waals surface area contributed by atoms with Gasteiger partial charge in [0.25, 0.3) is 0 Å². The molecule has 0 aliphatic carbocycles. The highest BCUT2D eigenvalue weighted by molar-refractivity contribution is 5.98. The van der Waals surface area contributed by atoms with E-state index in [0.717, 1.165) is 0 Å². The van der Waals surface area contributed by atoms with E-state index in [4.69, 9.17) is 18.9 Å². The van der Waals surface area contributed by atoms with Gasteiger partial charge in [0.05, 0.1) is 25.7 Å². The van der Waals surface area contributed by atoms with Crippen LogP contribution in [0.4, 0.5) is 0 Å². The van der Waals surface area contributed by atoms with Crippen LogP contribution < -0.4 is 18.9 Å². The first kappa shape index (κ1) is 20.1. The van der Waals surface area contributed by atoms with Gasteiger partial charge >= 0.3 is 11.9 Å². The maximum Gasteiger partial charge on any atom is 0.332 e. The number of benzene rings is 2. The molecule has 0 saturated carbocycles. The number of fused-ring (bicyclic) bond motifs is 1. The van der Waals surface area contributed by atoms with Crippen molar-refractivity contribution in [1.82, 2.24) is 0 Å². The van der Waals surface area contributed by atoms with E-state index < -0.39 is 17.9 Å². The van der Waals surface area contributed by atoms with Gasteiger partial charge in [-0.25, -0.2) is 4.79 Å². The van der Waals surface area contributed by atoms with Gasteiger partial charge in [-0.3, -0.25) is 4.79 Å². The maximum absolute atomic E-state index is 11.9. The van der Waals surface area contributed by atoms with E-state index in [-0.39, 0.29) is 18.8 Å². The second-order valence-electron chi connectivity index (χ2n) is 6.30. The highest BCUT2D eigenvalue weighted by Gasteiger charge is 2.28. The number of methoxy groups -OCH3 is 2. The minimum Gasteiger partial charge on any atom is -0.493 e. The number of aliphatic carboxylic acids is 2. The summed E-state index contributed by atoms with van der Waals surface area (Å²) in [4.78, 5) is 23.8. The number of ether oxygens (including phenoxy) is 4. The molecule has 1 atom stereocenters. The van der Waals surface area contributed by atoms with E-state index in [1.54, 1.807) is 36.4 Å². The molecule has 0 unspecified atom stereocenters. The fraction of sp³-hybridized carbons (Fsp3) is 0.238. The van der Waals surface area contributed by atoms with Crippen molar-refractivity contribution in [2.24, 2.45) is 5.92 Å². The fourth-order valence-electron chi connectivity index (χ4n) is 3.07. The molecule has 0 spiro atoms. The van der Waals surface area contributed by atoms with Gasteiger partial charge in [0.2, 0.25) is 6.79 Å². The van der Waals surface area contributed by atoms with Gasteiger partial charge < -0.3 is 29.2 Å². The van der Waals surface area contributed by atoms with Gasteiger partial charge in [-0.1, -0.05) is 12.1 Å². The number of rotatable bonds is 8. The van der Waals surface area contributed by atoms with Crippen LogP contribution in [-0.2, 0) is 16.0 Å². The fourth-order valence-corrected chi connectivity index (χ4v) is 3.07. The predicted molar refractivity (Wildman–Crippen MR) is 103 cm³/mol. The average molecular weight is 400 g/mol. The first-order valence-electron chi connectivity index (χ1n) is 8.71. The van der Waals surface area contributed by atoms with Crippen molar-refractivity contribution in [3.63, 3.8) is 0 Å². The topological polar surface area (TPSA) is 112 Å². The predicted octanol–water partition coefficient (Wildman–Crippen LogP) is 2.84. The van der Waals surface area contributed by atoms with Crippen LogP contribution in [0.1, 0.15) is 11.1 Å². The SMILES string of the molecule is COc1ccc(/C=C(/C(=O)O)[C@@H](Cc2ccc3c(c2)OCO3)C(=O)O)cc1OC. The van der Waals surface area contributed by atoms with Crippen LogP contribution in [0, 0.1) is 5.92 Å². The molecule has 2 aromatic carbocycles. The molecule has 1 aliphatic heterocycles. The monoisotopic (exact) mass is 400 g/mol. The van der Waals surface area contributed by atoms with Crippen molar-refractivity contribution in [2.75, 3.05) is 21.0 Å². The lowest BCUT2D eigenvalue weighted by Crippen LogP contribution is -2.23. The quantitative estimate of drug-likeness (QED) is 0.651. The first-order chi connectivity index (χ1) is 13.9. The molecule has 0 saturated heterocycles. The van der Waals surface area contributed by atoms with Crippen molar-refractivity contribution in [3.8, 4) is 23.0 Å².